The lowest BCUT2D eigenvalue weighted by Crippen LogP contribution is -2.49. The number of alkyl halides is 3. The van der Waals surface area contributed by atoms with Crippen molar-refractivity contribution in [3.05, 3.63) is 0 Å². The molecule has 4 unspecified atom stereocenters. The van der Waals surface area contributed by atoms with Gasteiger partial charge >= 0.3 is 12.1 Å². The maximum atomic E-state index is 13.1. The molecule has 2 aliphatic rings. The van der Waals surface area contributed by atoms with Gasteiger partial charge in [0.25, 0.3) is 0 Å². The average Bonchev–Trinajstić information content (AvgIpc) is 2.79. The number of carboxylic acid groups (broad SMARTS) is 1. The van der Waals surface area contributed by atoms with Crippen LogP contribution in [0.5, 0.6) is 0 Å². The van der Waals surface area contributed by atoms with Crippen molar-refractivity contribution in [1.82, 2.24) is 4.90 Å². The molecule has 4 atom stereocenters. The number of hydrogen-bond donors (Lipinski definition) is 1. The third kappa shape index (κ3) is 3.16. The second-order valence-electron chi connectivity index (χ2n) is 6.12. The number of likely N-dealkylation sites (tertiary alicyclic amines) is 1. The number of amides is 1. The molecule has 21 heavy (non-hydrogen) atoms. The van der Waals surface area contributed by atoms with Crippen molar-refractivity contribution >= 4 is 11.9 Å². The van der Waals surface area contributed by atoms with E-state index in [1.165, 1.54) is 0 Å². The lowest BCUT2D eigenvalue weighted by Gasteiger charge is -2.35. The Hall–Kier alpha value is -1.27. The summed E-state index contributed by atoms with van der Waals surface area (Å²) in [5, 5.41) is 9.21. The van der Waals surface area contributed by atoms with Gasteiger partial charge in [0.1, 0.15) is 6.04 Å². The maximum absolute atomic E-state index is 13.1. The third-order valence-corrected chi connectivity index (χ3v) is 4.74. The molecule has 1 saturated heterocycles. The van der Waals surface area contributed by atoms with E-state index >= 15 is 0 Å². The Balaban J connectivity index is 2.19. The fourth-order valence-corrected chi connectivity index (χ4v) is 3.60. The molecule has 0 aromatic carbocycles. The number of halogens is 3. The van der Waals surface area contributed by atoms with Gasteiger partial charge in [-0.1, -0.05) is 19.8 Å². The molecule has 0 aromatic rings. The van der Waals surface area contributed by atoms with Gasteiger partial charge in [-0.3, -0.25) is 4.79 Å². The van der Waals surface area contributed by atoms with Gasteiger partial charge in [0.05, 0.1) is 5.92 Å². The second kappa shape index (κ2) is 5.85. The molecule has 1 aliphatic carbocycles. The summed E-state index contributed by atoms with van der Waals surface area (Å²) in [5.74, 6) is -4.74. The first-order valence-electron chi connectivity index (χ1n) is 7.33. The van der Waals surface area contributed by atoms with Crippen LogP contribution in [0.25, 0.3) is 0 Å². The monoisotopic (exact) mass is 307 g/mol. The normalized spacial score (nSPS) is 34.0. The number of hydrogen-bond acceptors (Lipinski definition) is 2. The van der Waals surface area contributed by atoms with Crippen molar-refractivity contribution in [3.63, 3.8) is 0 Å². The summed E-state index contributed by atoms with van der Waals surface area (Å²) in [4.78, 5) is 24.9. The van der Waals surface area contributed by atoms with E-state index in [0.29, 0.717) is 19.3 Å². The fourth-order valence-electron chi connectivity index (χ4n) is 3.60. The Bertz CT molecular complexity index is 424. The number of carboxylic acids is 1. The van der Waals surface area contributed by atoms with Crippen LogP contribution in [0.2, 0.25) is 0 Å². The quantitative estimate of drug-likeness (QED) is 0.853. The van der Waals surface area contributed by atoms with Crippen molar-refractivity contribution in [2.24, 2.45) is 17.8 Å². The van der Waals surface area contributed by atoms with Crippen molar-refractivity contribution in [3.8, 4) is 0 Å². The molecule has 1 N–H and O–H groups in total. The molecule has 2 fully saturated rings. The highest BCUT2D eigenvalue weighted by atomic mass is 19.4. The largest absolute Gasteiger partial charge is 0.480 e. The molecule has 1 aliphatic heterocycles. The SMILES string of the molecule is CC1CCN(C(=O)C2CCCCC2C(F)(F)F)C1C(=O)O. The summed E-state index contributed by atoms with van der Waals surface area (Å²) in [6.45, 7) is 1.95. The first-order chi connectivity index (χ1) is 9.73. The van der Waals surface area contributed by atoms with Crippen LogP contribution < -0.4 is 0 Å². The Morgan fingerprint density at radius 2 is 1.76 bits per heavy atom. The van der Waals surface area contributed by atoms with Crippen molar-refractivity contribution in [2.75, 3.05) is 6.54 Å². The first kappa shape index (κ1) is 16.1. The molecule has 0 aromatic heterocycles. The average molecular weight is 307 g/mol. The Morgan fingerprint density at radius 1 is 1.14 bits per heavy atom. The summed E-state index contributed by atoms with van der Waals surface area (Å²) in [7, 11) is 0. The van der Waals surface area contributed by atoms with E-state index < -0.39 is 35.9 Å². The van der Waals surface area contributed by atoms with E-state index in [0.717, 1.165) is 4.90 Å². The minimum atomic E-state index is -4.40. The minimum Gasteiger partial charge on any atom is -0.480 e. The van der Waals surface area contributed by atoms with E-state index in [2.05, 4.69) is 0 Å². The molecule has 120 valence electrons. The number of rotatable bonds is 2. The molecule has 1 amide bonds. The molecular weight excluding hydrogens is 287 g/mol. The molecule has 2 rings (SSSR count). The number of carbonyl (C=O) groups is 2. The van der Waals surface area contributed by atoms with Crippen LogP contribution in [0.1, 0.15) is 39.0 Å². The Kier molecular flexibility index (Phi) is 4.49. The zero-order chi connectivity index (χ0) is 15.8. The molecule has 0 radical (unpaired) electrons. The first-order valence-corrected chi connectivity index (χ1v) is 7.33. The van der Waals surface area contributed by atoms with Crippen LogP contribution in [-0.4, -0.2) is 40.6 Å². The van der Waals surface area contributed by atoms with Gasteiger partial charge in [-0.2, -0.15) is 13.2 Å². The van der Waals surface area contributed by atoms with Crippen LogP contribution in [-0.2, 0) is 9.59 Å². The Morgan fingerprint density at radius 3 is 2.33 bits per heavy atom. The van der Waals surface area contributed by atoms with Crippen LogP contribution in [0.4, 0.5) is 13.2 Å². The minimum absolute atomic E-state index is 0.0406. The summed E-state index contributed by atoms with van der Waals surface area (Å²) >= 11 is 0. The van der Waals surface area contributed by atoms with Crippen LogP contribution >= 0.6 is 0 Å². The lowest BCUT2D eigenvalue weighted by molar-refractivity contribution is -0.201. The number of carbonyl (C=O) groups excluding carboxylic acids is 1. The molecule has 7 heteroatoms. The smallest absolute Gasteiger partial charge is 0.392 e. The van der Waals surface area contributed by atoms with Gasteiger partial charge in [-0.05, 0) is 25.2 Å². The number of nitrogens with zero attached hydrogens (tertiary/aromatic N) is 1. The van der Waals surface area contributed by atoms with E-state index in [-0.39, 0.29) is 25.3 Å². The van der Waals surface area contributed by atoms with Crippen molar-refractivity contribution in [1.29, 1.82) is 0 Å². The summed E-state index contributed by atoms with van der Waals surface area (Å²) in [6, 6.07) is -0.992. The van der Waals surface area contributed by atoms with Gasteiger partial charge in [0.15, 0.2) is 0 Å². The molecular formula is C14H20F3NO3. The topological polar surface area (TPSA) is 57.6 Å². The molecule has 1 saturated carbocycles. The van der Waals surface area contributed by atoms with Crippen molar-refractivity contribution in [2.45, 2.75) is 51.2 Å². The van der Waals surface area contributed by atoms with E-state index in [4.69, 9.17) is 0 Å². The standard InChI is InChI=1S/C14H20F3NO3/c1-8-6-7-18(11(8)13(20)21)12(19)9-4-2-3-5-10(9)14(15,16)17/h8-11H,2-7H2,1H3,(H,20,21). The highest BCUT2D eigenvalue weighted by molar-refractivity contribution is 5.86. The summed E-state index contributed by atoms with van der Waals surface area (Å²) in [6.07, 6.45) is -2.67. The van der Waals surface area contributed by atoms with Gasteiger partial charge in [-0.25, -0.2) is 4.79 Å². The van der Waals surface area contributed by atoms with Crippen LogP contribution in [0.3, 0.4) is 0 Å². The molecule has 0 spiro atoms. The predicted octanol–water partition coefficient (Wildman–Crippen LogP) is 2.68. The summed E-state index contributed by atoms with van der Waals surface area (Å²) in [5.41, 5.74) is 0. The molecule has 4 nitrogen and oxygen atoms in total. The van der Waals surface area contributed by atoms with E-state index in [9.17, 15) is 27.9 Å². The number of aliphatic carboxylic acids is 1. The van der Waals surface area contributed by atoms with Gasteiger partial charge in [-0.15, -0.1) is 0 Å². The van der Waals surface area contributed by atoms with Gasteiger partial charge in [0, 0.05) is 12.5 Å². The molecule has 1 heterocycles. The second-order valence-corrected chi connectivity index (χ2v) is 6.12. The Labute approximate surface area is 121 Å². The van der Waals surface area contributed by atoms with E-state index in [1.54, 1.807) is 6.92 Å². The zero-order valence-electron chi connectivity index (χ0n) is 11.9. The van der Waals surface area contributed by atoms with E-state index in [1.807, 2.05) is 0 Å². The van der Waals surface area contributed by atoms with Crippen LogP contribution in [0, 0.1) is 17.8 Å². The fraction of sp³-hybridized carbons (Fsp3) is 0.857. The van der Waals surface area contributed by atoms with Gasteiger partial charge < -0.3 is 10.0 Å². The highest BCUT2D eigenvalue weighted by Crippen LogP contribution is 2.43. The van der Waals surface area contributed by atoms with Crippen LogP contribution in [0.15, 0.2) is 0 Å². The van der Waals surface area contributed by atoms with Gasteiger partial charge in [0.2, 0.25) is 5.91 Å². The highest BCUT2D eigenvalue weighted by Gasteiger charge is 2.51. The lowest BCUT2D eigenvalue weighted by atomic mass is 9.78. The maximum Gasteiger partial charge on any atom is 0.392 e. The third-order valence-electron chi connectivity index (χ3n) is 4.74. The van der Waals surface area contributed by atoms with Crippen molar-refractivity contribution < 1.29 is 27.9 Å². The predicted molar refractivity (Wildman–Crippen MR) is 68.4 cm³/mol. The molecule has 0 bridgehead atoms. The zero-order valence-corrected chi connectivity index (χ0v) is 11.9. The summed E-state index contributed by atoms with van der Waals surface area (Å²) < 4.78 is 39.3.